The second-order valence-corrected chi connectivity index (χ2v) is 19.3. The largest absolute Gasteiger partial charge is 0.497 e. The van der Waals surface area contributed by atoms with Crippen molar-refractivity contribution in [3.63, 3.8) is 0 Å². The molecule has 0 radical (unpaired) electrons. The molecule has 0 bridgehead atoms. The van der Waals surface area contributed by atoms with E-state index in [9.17, 15) is 0 Å². The molecule has 6 aromatic rings. The van der Waals surface area contributed by atoms with Crippen LogP contribution in [0.25, 0.3) is 39.1 Å². The van der Waals surface area contributed by atoms with Crippen LogP contribution in [0.4, 0.5) is 5.69 Å². The molecule has 1 spiro atoms. The van der Waals surface area contributed by atoms with Crippen molar-refractivity contribution in [2.75, 3.05) is 52.5 Å². The standard InChI is InChI=1S/C55H57NO5/c1-35-13-15-36(16-14-35)55(37-17-19-38(57-6)20-18-37)24-23-42-50-49(41-11-9-10-12-46(41)54(50)33-52(2,3)32-53(4,5)34-54)44-31-47(56-25-27-60-28-26-56)43(30-45(44)51(42)61-55)40-22-21-39(58-7)29-48(40)59-8/h9-24,29-31H,25-28,32-34H2,1-8H3. The molecule has 61 heavy (non-hydrogen) atoms. The first-order chi connectivity index (χ1) is 29.4. The van der Waals surface area contributed by atoms with Crippen LogP contribution >= 0.6 is 0 Å². The van der Waals surface area contributed by atoms with Crippen LogP contribution in [0.2, 0.25) is 0 Å². The summed E-state index contributed by atoms with van der Waals surface area (Å²) in [4.78, 5) is 2.49. The Morgan fingerprint density at radius 3 is 1.95 bits per heavy atom. The zero-order valence-electron chi connectivity index (χ0n) is 36.9. The van der Waals surface area contributed by atoms with Gasteiger partial charge in [-0.15, -0.1) is 0 Å². The van der Waals surface area contributed by atoms with Crippen LogP contribution in [-0.4, -0.2) is 47.6 Å². The highest BCUT2D eigenvalue weighted by molar-refractivity contribution is 6.12. The maximum atomic E-state index is 7.94. The monoisotopic (exact) mass is 811 g/mol. The molecule has 0 aromatic heterocycles. The third kappa shape index (κ3) is 6.31. The average Bonchev–Trinajstić information content (AvgIpc) is 3.53. The number of morpholine rings is 1. The minimum absolute atomic E-state index is 0.111. The fourth-order valence-corrected chi connectivity index (χ4v) is 12.1. The van der Waals surface area contributed by atoms with Crippen molar-refractivity contribution in [1.82, 2.24) is 0 Å². The fraction of sp³-hybridized carbons (Fsp3) is 0.345. The van der Waals surface area contributed by atoms with Crippen LogP contribution in [-0.2, 0) is 15.8 Å². The molecule has 4 aliphatic rings. The van der Waals surface area contributed by atoms with Crippen LogP contribution in [0.3, 0.4) is 0 Å². The normalized spacial score (nSPS) is 20.4. The molecule has 312 valence electrons. The van der Waals surface area contributed by atoms with E-state index in [0.29, 0.717) is 13.2 Å². The fourth-order valence-electron chi connectivity index (χ4n) is 12.1. The van der Waals surface area contributed by atoms with Crippen molar-refractivity contribution in [2.45, 2.75) is 64.9 Å². The second kappa shape index (κ2) is 14.4. The lowest BCUT2D eigenvalue weighted by Crippen LogP contribution is -2.44. The molecule has 10 rings (SSSR count). The topological polar surface area (TPSA) is 49.4 Å². The number of aryl methyl sites for hydroxylation is 1. The number of anilines is 1. The van der Waals surface area contributed by atoms with Gasteiger partial charge in [0, 0.05) is 63.5 Å². The highest BCUT2D eigenvalue weighted by atomic mass is 16.5. The number of fused-ring (bicyclic) bond motifs is 10. The summed E-state index contributed by atoms with van der Waals surface area (Å²) in [5.41, 5.74) is 12.3. The molecular weight excluding hydrogens is 755 g/mol. The summed E-state index contributed by atoms with van der Waals surface area (Å²) in [6.45, 7) is 15.0. The number of hydrogen-bond acceptors (Lipinski definition) is 6. The number of rotatable bonds is 7. The Labute approximate surface area is 361 Å². The molecule has 1 atom stereocenters. The Hall–Kier alpha value is -5.72. The Bertz CT molecular complexity index is 2690. The van der Waals surface area contributed by atoms with Gasteiger partial charge in [-0.3, -0.25) is 0 Å². The van der Waals surface area contributed by atoms with Gasteiger partial charge in [0.2, 0.25) is 0 Å². The van der Waals surface area contributed by atoms with Crippen molar-refractivity contribution in [1.29, 1.82) is 0 Å². The Kier molecular flexibility index (Phi) is 9.33. The molecule has 0 N–H and O–H groups in total. The van der Waals surface area contributed by atoms with E-state index in [4.69, 9.17) is 23.7 Å². The molecule has 1 saturated heterocycles. The Balaban J connectivity index is 1.35. The zero-order valence-corrected chi connectivity index (χ0v) is 36.9. The average molecular weight is 812 g/mol. The molecule has 2 aliphatic carbocycles. The Morgan fingerprint density at radius 1 is 0.623 bits per heavy atom. The van der Waals surface area contributed by atoms with Gasteiger partial charge in [-0.1, -0.05) is 100.0 Å². The third-order valence-corrected chi connectivity index (χ3v) is 13.9. The summed E-state index contributed by atoms with van der Waals surface area (Å²) in [7, 11) is 5.15. The predicted octanol–water partition coefficient (Wildman–Crippen LogP) is 12.5. The number of methoxy groups -OCH3 is 3. The highest BCUT2D eigenvalue weighted by Gasteiger charge is 2.55. The summed E-state index contributed by atoms with van der Waals surface area (Å²) >= 11 is 0. The first kappa shape index (κ1) is 39.4. The second-order valence-electron chi connectivity index (χ2n) is 19.3. The molecule has 0 amide bonds. The number of hydrogen-bond donors (Lipinski definition) is 0. The quantitative estimate of drug-likeness (QED) is 0.160. The molecule has 6 nitrogen and oxygen atoms in total. The summed E-state index contributed by atoms with van der Waals surface area (Å²) in [6.07, 6.45) is 8.01. The van der Waals surface area contributed by atoms with E-state index in [1.807, 2.05) is 24.3 Å². The molecule has 6 heteroatoms. The lowest BCUT2D eigenvalue weighted by molar-refractivity contribution is 0.0642. The van der Waals surface area contributed by atoms with E-state index < -0.39 is 5.60 Å². The van der Waals surface area contributed by atoms with Gasteiger partial charge in [-0.05, 0) is 107 Å². The van der Waals surface area contributed by atoms with Crippen LogP contribution in [0.5, 0.6) is 23.0 Å². The minimum atomic E-state index is -0.918. The van der Waals surface area contributed by atoms with E-state index in [1.165, 1.54) is 45.2 Å². The SMILES string of the molecule is COc1ccc(C2(c3ccc(C)cc3)C=Cc3c4c(c5cc(N6CCOCC6)c(-c6ccc(OC)cc6OC)cc5c3O2)-c2ccccc2C42CC(C)(C)CC(C)(C)C2)cc1. The Morgan fingerprint density at radius 2 is 1.28 bits per heavy atom. The molecule has 1 unspecified atom stereocenters. The third-order valence-electron chi connectivity index (χ3n) is 13.9. The van der Waals surface area contributed by atoms with Gasteiger partial charge in [0.15, 0.2) is 5.60 Å². The molecule has 6 aromatic carbocycles. The van der Waals surface area contributed by atoms with Gasteiger partial charge in [-0.2, -0.15) is 0 Å². The number of benzene rings is 6. The van der Waals surface area contributed by atoms with Crippen molar-refractivity contribution < 1.29 is 23.7 Å². The molecule has 1 saturated carbocycles. The van der Waals surface area contributed by atoms with Crippen molar-refractivity contribution in [3.8, 4) is 45.3 Å². The van der Waals surface area contributed by atoms with Gasteiger partial charge >= 0.3 is 0 Å². The molecule has 2 heterocycles. The van der Waals surface area contributed by atoms with Gasteiger partial charge in [0.05, 0.1) is 34.5 Å². The van der Waals surface area contributed by atoms with Gasteiger partial charge in [-0.25, -0.2) is 0 Å². The molecular formula is C55H57NO5. The van der Waals surface area contributed by atoms with Crippen LogP contribution in [0.15, 0.2) is 109 Å². The maximum absolute atomic E-state index is 7.94. The number of nitrogens with zero attached hydrogens (tertiary/aromatic N) is 1. The number of ether oxygens (including phenoxy) is 5. The lowest BCUT2D eigenvalue weighted by Gasteiger charge is -2.52. The van der Waals surface area contributed by atoms with Crippen molar-refractivity contribution in [3.05, 3.63) is 143 Å². The maximum Gasteiger partial charge on any atom is 0.178 e. The van der Waals surface area contributed by atoms with Gasteiger partial charge in [0.1, 0.15) is 23.0 Å². The van der Waals surface area contributed by atoms with Crippen molar-refractivity contribution in [2.24, 2.45) is 10.8 Å². The van der Waals surface area contributed by atoms with E-state index in [1.54, 1.807) is 21.3 Å². The van der Waals surface area contributed by atoms with Gasteiger partial charge < -0.3 is 28.6 Å². The van der Waals surface area contributed by atoms with Crippen molar-refractivity contribution >= 4 is 22.5 Å². The zero-order chi connectivity index (χ0) is 42.3. The lowest BCUT2D eigenvalue weighted by atomic mass is 9.52. The van der Waals surface area contributed by atoms with Gasteiger partial charge in [0.25, 0.3) is 0 Å². The molecule has 2 aliphatic heterocycles. The van der Waals surface area contributed by atoms with E-state index >= 15 is 0 Å². The summed E-state index contributed by atoms with van der Waals surface area (Å²) in [6, 6.07) is 37.5. The first-order valence-electron chi connectivity index (χ1n) is 21.8. The minimum Gasteiger partial charge on any atom is -0.497 e. The highest BCUT2D eigenvalue weighted by Crippen LogP contribution is 2.67. The summed E-state index contributed by atoms with van der Waals surface area (Å²) < 4.78 is 31.4. The smallest absolute Gasteiger partial charge is 0.178 e. The predicted molar refractivity (Wildman–Crippen MR) is 248 cm³/mol. The van der Waals surface area contributed by atoms with E-state index in [2.05, 4.69) is 131 Å². The van der Waals surface area contributed by atoms with Crippen LogP contribution in [0.1, 0.15) is 80.3 Å². The van der Waals surface area contributed by atoms with Crippen LogP contribution in [0, 0.1) is 17.8 Å². The van der Waals surface area contributed by atoms with Crippen LogP contribution < -0.4 is 23.8 Å². The molecule has 2 fully saturated rings. The first-order valence-corrected chi connectivity index (χ1v) is 21.8. The van der Waals surface area contributed by atoms with E-state index in [0.717, 1.165) is 82.3 Å². The summed E-state index contributed by atoms with van der Waals surface area (Å²) in [5, 5.41) is 2.29. The van der Waals surface area contributed by atoms with E-state index in [-0.39, 0.29) is 16.2 Å². The summed E-state index contributed by atoms with van der Waals surface area (Å²) in [5.74, 6) is 3.22.